The van der Waals surface area contributed by atoms with E-state index in [1.54, 1.807) is 18.2 Å². The van der Waals surface area contributed by atoms with Crippen LogP contribution in [0.2, 0.25) is 0 Å². The second-order valence-electron chi connectivity index (χ2n) is 7.00. The zero-order valence-corrected chi connectivity index (χ0v) is 16.3. The molecule has 1 aromatic rings. The second-order valence-corrected chi connectivity index (χ2v) is 8.02. The van der Waals surface area contributed by atoms with Gasteiger partial charge in [0.15, 0.2) is 0 Å². The fourth-order valence-corrected chi connectivity index (χ4v) is 4.24. The molecule has 0 bridgehead atoms. The Bertz CT molecular complexity index is 797. The maximum Gasteiger partial charge on any atom is 0.398 e. The number of carbonyl (C=O) groups excluding carboxylic acids is 3. The van der Waals surface area contributed by atoms with Gasteiger partial charge in [-0.3, -0.25) is 15.0 Å². The SMILES string of the molecule is O=C(CNc1ccccc1SCC(F)(F)F)NN1C(=O)NC2(CCCCC2)C1=O. The van der Waals surface area contributed by atoms with Crippen molar-refractivity contribution in [1.29, 1.82) is 0 Å². The van der Waals surface area contributed by atoms with Crippen molar-refractivity contribution >= 4 is 35.3 Å². The molecule has 3 rings (SSSR count). The molecule has 3 N–H and O–H groups in total. The number of benzene rings is 1. The van der Waals surface area contributed by atoms with Crippen molar-refractivity contribution in [3.63, 3.8) is 0 Å². The minimum atomic E-state index is -4.31. The molecule has 0 aromatic heterocycles. The van der Waals surface area contributed by atoms with Gasteiger partial charge in [-0.05, 0) is 25.0 Å². The molecule has 7 nitrogen and oxygen atoms in total. The van der Waals surface area contributed by atoms with Crippen LogP contribution in [0.1, 0.15) is 32.1 Å². The highest BCUT2D eigenvalue weighted by Gasteiger charge is 2.52. The van der Waals surface area contributed by atoms with Crippen LogP contribution in [0, 0.1) is 0 Å². The number of alkyl halides is 3. The van der Waals surface area contributed by atoms with Crippen LogP contribution in [0.4, 0.5) is 23.7 Å². The zero-order valence-electron chi connectivity index (χ0n) is 15.5. The normalized spacial score (nSPS) is 18.7. The molecule has 1 aromatic carbocycles. The Balaban J connectivity index is 1.57. The zero-order chi connectivity index (χ0) is 21.1. The third kappa shape index (κ3) is 5.14. The molecule has 0 atom stereocenters. The lowest BCUT2D eigenvalue weighted by atomic mass is 9.82. The van der Waals surface area contributed by atoms with Crippen LogP contribution >= 0.6 is 11.8 Å². The lowest BCUT2D eigenvalue weighted by molar-refractivity contribution is -0.139. The quantitative estimate of drug-likeness (QED) is 0.477. The minimum Gasteiger partial charge on any atom is -0.375 e. The topological polar surface area (TPSA) is 90.5 Å². The van der Waals surface area contributed by atoms with Crippen molar-refractivity contribution in [2.75, 3.05) is 17.6 Å². The van der Waals surface area contributed by atoms with Gasteiger partial charge in [0, 0.05) is 10.6 Å². The Morgan fingerprint density at radius 2 is 1.86 bits per heavy atom. The Labute approximate surface area is 169 Å². The Kier molecular flexibility index (Phi) is 6.25. The number of para-hydroxylation sites is 1. The van der Waals surface area contributed by atoms with Crippen molar-refractivity contribution in [3.8, 4) is 0 Å². The van der Waals surface area contributed by atoms with Gasteiger partial charge in [0.1, 0.15) is 5.54 Å². The largest absolute Gasteiger partial charge is 0.398 e. The number of anilines is 1. The van der Waals surface area contributed by atoms with Crippen LogP contribution in [0.25, 0.3) is 0 Å². The molecule has 1 spiro atoms. The number of hydrogen-bond donors (Lipinski definition) is 3. The molecular formula is C18H21F3N4O3S. The van der Waals surface area contributed by atoms with Gasteiger partial charge < -0.3 is 10.6 Å². The molecule has 2 fully saturated rings. The molecule has 1 aliphatic carbocycles. The van der Waals surface area contributed by atoms with Gasteiger partial charge in [-0.2, -0.15) is 18.2 Å². The van der Waals surface area contributed by atoms with E-state index < -0.39 is 35.3 Å². The number of nitrogens with one attached hydrogen (secondary N) is 3. The molecule has 1 heterocycles. The summed E-state index contributed by atoms with van der Waals surface area (Å²) in [6.45, 7) is -0.312. The minimum absolute atomic E-state index is 0.312. The summed E-state index contributed by atoms with van der Waals surface area (Å²) in [6, 6.07) is 5.62. The number of imide groups is 1. The van der Waals surface area contributed by atoms with E-state index in [4.69, 9.17) is 0 Å². The second kappa shape index (κ2) is 8.52. The first-order valence-corrected chi connectivity index (χ1v) is 10.2. The van der Waals surface area contributed by atoms with Crippen LogP contribution in [-0.2, 0) is 9.59 Å². The number of hydrazine groups is 1. The first-order chi connectivity index (χ1) is 13.7. The van der Waals surface area contributed by atoms with Gasteiger partial charge in [-0.25, -0.2) is 4.79 Å². The average Bonchev–Trinajstić information content (AvgIpc) is 2.89. The van der Waals surface area contributed by atoms with Crippen molar-refractivity contribution < 1.29 is 27.6 Å². The van der Waals surface area contributed by atoms with Gasteiger partial charge in [0.2, 0.25) is 0 Å². The fourth-order valence-electron chi connectivity index (χ4n) is 3.45. The highest BCUT2D eigenvalue weighted by Crippen LogP contribution is 2.33. The monoisotopic (exact) mass is 430 g/mol. The number of halogens is 3. The van der Waals surface area contributed by atoms with Crippen molar-refractivity contribution in [2.24, 2.45) is 0 Å². The number of rotatable bonds is 6. The number of urea groups is 1. The van der Waals surface area contributed by atoms with E-state index in [1.165, 1.54) is 6.07 Å². The summed E-state index contributed by atoms with van der Waals surface area (Å²) in [5, 5.41) is 6.13. The Morgan fingerprint density at radius 3 is 2.55 bits per heavy atom. The van der Waals surface area contributed by atoms with Crippen molar-refractivity contribution in [3.05, 3.63) is 24.3 Å². The first kappa shape index (κ1) is 21.3. The van der Waals surface area contributed by atoms with Crippen LogP contribution in [0.5, 0.6) is 0 Å². The highest BCUT2D eigenvalue weighted by atomic mass is 32.2. The van der Waals surface area contributed by atoms with E-state index in [0.29, 0.717) is 40.2 Å². The molecule has 11 heteroatoms. The molecule has 158 valence electrons. The number of nitrogens with zero attached hydrogens (tertiary/aromatic N) is 1. The Morgan fingerprint density at radius 1 is 1.17 bits per heavy atom. The molecule has 1 saturated heterocycles. The van der Waals surface area contributed by atoms with Crippen molar-refractivity contribution in [1.82, 2.24) is 15.8 Å². The van der Waals surface area contributed by atoms with Gasteiger partial charge in [0.05, 0.1) is 12.3 Å². The molecule has 0 radical (unpaired) electrons. The standard InChI is InChI=1S/C18H21F3N4O3S/c19-18(20,21)11-29-13-7-3-2-6-12(13)22-10-14(26)24-25-15(27)17(23-16(25)28)8-4-1-5-9-17/h2-3,6-7,22H,1,4-5,8-11H2,(H,23,28)(H,24,26). The molecule has 4 amide bonds. The van der Waals surface area contributed by atoms with Gasteiger partial charge in [-0.1, -0.05) is 31.4 Å². The first-order valence-electron chi connectivity index (χ1n) is 9.19. The van der Waals surface area contributed by atoms with E-state index in [0.717, 1.165) is 19.3 Å². The van der Waals surface area contributed by atoms with E-state index in [2.05, 4.69) is 16.1 Å². The third-order valence-corrected chi connectivity index (χ3v) is 5.96. The lowest BCUT2D eigenvalue weighted by Crippen LogP contribution is -2.51. The summed E-state index contributed by atoms with van der Waals surface area (Å²) in [4.78, 5) is 37.4. The van der Waals surface area contributed by atoms with E-state index >= 15 is 0 Å². The van der Waals surface area contributed by atoms with E-state index in [9.17, 15) is 27.6 Å². The maximum absolute atomic E-state index is 12.6. The van der Waals surface area contributed by atoms with Crippen LogP contribution < -0.4 is 16.1 Å². The number of thioether (sulfide) groups is 1. The van der Waals surface area contributed by atoms with Crippen LogP contribution in [0.3, 0.4) is 0 Å². The van der Waals surface area contributed by atoms with E-state index in [1.807, 2.05) is 0 Å². The molecule has 1 saturated carbocycles. The number of carbonyl (C=O) groups is 3. The lowest BCUT2D eigenvalue weighted by Gasteiger charge is -2.30. The molecular weight excluding hydrogens is 409 g/mol. The number of amides is 4. The summed E-state index contributed by atoms with van der Waals surface area (Å²) in [5.74, 6) is -2.18. The summed E-state index contributed by atoms with van der Waals surface area (Å²) in [5.41, 5.74) is 1.69. The molecule has 2 aliphatic rings. The average molecular weight is 430 g/mol. The predicted octanol–water partition coefficient (Wildman–Crippen LogP) is 3.04. The van der Waals surface area contributed by atoms with Crippen LogP contribution in [0.15, 0.2) is 29.2 Å². The fraction of sp³-hybridized carbons (Fsp3) is 0.500. The smallest absolute Gasteiger partial charge is 0.375 e. The predicted molar refractivity (Wildman–Crippen MR) is 101 cm³/mol. The van der Waals surface area contributed by atoms with E-state index in [-0.39, 0.29) is 6.54 Å². The molecule has 29 heavy (non-hydrogen) atoms. The van der Waals surface area contributed by atoms with Crippen molar-refractivity contribution in [2.45, 2.75) is 48.7 Å². The summed E-state index contributed by atoms with van der Waals surface area (Å²) in [7, 11) is 0. The summed E-state index contributed by atoms with van der Waals surface area (Å²) >= 11 is 0.606. The Hall–Kier alpha value is -2.43. The highest BCUT2D eigenvalue weighted by molar-refractivity contribution is 7.99. The number of hydrogen-bond acceptors (Lipinski definition) is 5. The third-order valence-electron chi connectivity index (χ3n) is 4.82. The maximum atomic E-state index is 12.6. The van der Waals surface area contributed by atoms with Crippen LogP contribution in [-0.4, -0.2) is 46.9 Å². The summed E-state index contributed by atoms with van der Waals surface area (Å²) in [6.07, 6.45) is -0.609. The molecule has 0 unspecified atom stereocenters. The summed E-state index contributed by atoms with van der Waals surface area (Å²) < 4.78 is 37.4. The van der Waals surface area contributed by atoms with Gasteiger partial charge in [-0.15, -0.1) is 11.8 Å². The van der Waals surface area contributed by atoms with Gasteiger partial charge >= 0.3 is 12.2 Å². The molecule has 1 aliphatic heterocycles. The van der Waals surface area contributed by atoms with Gasteiger partial charge in [0.25, 0.3) is 11.8 Å².